The first-order valence-corrected chi connectivity index (χ1v) is 11.2. The van der Waals surface area contributed by atoms with E-state index in [0.717, 1.165) is 22.2 Å². The minimum Gasteiger partial charge on any atom is -0.355 e. The van der Waals surface area contributed by atoms with Crippen molar-refractivity contribution in [2.75, 3.05) is 19.0 Å². The summed E-state index contributed by atoms with van der Waals surface area (Å²) in [5.74, 6) is 0.0270. The highest BCUT2D eigenvalue weighted by molar-refractivity contribution is 8.15. The van der Waals surface area contributed by atoms with Gasteiger partial charge in [0.1, 0.15) is 0 Å². The zero-order valence-corrected chi connectivity index (χ0v) is 17.6. The average Bonchev–Trinajstić information content (AvgIpc) is 2.98. The summed E-state index contributed by atoms with van der Waals surface area (Å²) in [6, 6.07) is 14.6. The molecule has 6 nitrogen and oxygen atoms in total. The van der Waals surface area contributed by atoms with Crippen LogP contribution < -0.4 is 0 Å². The Morgan fingerprint density at radius 2 is 1.90 bits per heavy atom. The standard InChI is InChI=1S/C20H17ClN2O4S2/c21-14-6-7-16-15(10-14)17(24)22(12-28-16)8-9-27-19-18(25)23(20(26)29-19)11-13-4-2-1-3-5-13/h1-7,10,19H,8-9,11-12H2. The molecule has 2 heterocycles. The first kappa shape index (κ1) is 20.3. The summed E-state index contributed by atoms with van der Waals surface area (Å²) in [5, 5.41) is 0.192. The Balaban J connectivity index is 1.31. The topological polar surface area (TPSA) is 66.9 Å². The lowest BCUT2D eigenvalue weighted by Crippen LogP contribution is -2.38. The van der Waals surface area contributed by atoms with Crippen molar-refractivity contribution in [2.24, 2.45) is 0 Å². The van der Waals surface area contributed by atoms with Crippen LogP contribution in [0.15, 0.2) is 53.4 Å². The number of hydrogen-bond acceptors (Lipinski definition) is 6. The normalized spacial score (nSPS) is 19.1. The number of nitrogens with zero attached hydrogens (tertiary/aromatic N) is 2. The number of amides is 3. The molecule has 1 unspecified atom stereocenters. The maximum atomic E-state index is 12.6. The Bertz CT molecular complexity index is 957. The number of halogens is 1. The van der Waals surface area contributed by atoms with Crippen molar-refractivity contribution in [1.29, 1.82) is 0 Å². The molecular formula is C20H17ClN2O4S2. The summed E-state index contributed by atoms with van der Waals surface area (Å²) in [4.78, 5) is 41.1. The van der Waals surface area contributed by atoms with E-state index in [1.165, 1.54) is 4.90 Å². The van der Waals surface area contributed by atoms with E-state index in [9.17, 15) is 14.4 Å². The number of rotatable bonds is 6. The lowest BCUT2D eigenvalue weighted by Gasteiger charge is -2.28. The van der Waals surface area contributed by atoms with Crippen LogP contribution in [0.4, 0.5) is 4.79 Å². The van der Waals surface area contributed by atoms with Crippen molar-refractivity contribution in [3.05, 3.63) is 64.7 Å². The third kappa shape index (κ3) is 4.45. The molecule has 0 aliphatic carbocycles. The first-order chi connectivity index (χ1) is 14.0. The van der Waals surface area contributed by atoms with Gasteiger partial charge in [-0.25, -0.2) is 0 Å². The third-order valence-corrected chi connectivity index (χ3v) is 6.86. The molecule has 9 heteroatoms. The summed E-state index contributed by atoms with van der Waals surface area (Å²) < 4.78 is 5.64. The Morgan fingerprint density at radius 3 is 2.69 bits per heavy atom. The fraction of sp³-hybridized carbons (Fsp3) is 0.250. The van der Waals surface area contributed by atoms with Crippen molar-refractivity contribution < 1.29 is 19.1 Å². The summed E-state index contributed by atoms with van der Waals surface area (Å²) in [6.07, 6.45) is 0. The fourth-order valence-electron chi connectivity index (χ4n) is 3.04. The molecule has 2 aromatic carbocycles. The lowest BCUT2D eigenvalue weighted by molar-refractivity contribution is -0.134. The number of fused-ring (bicyclic) bond motifs is 1. The van der Waals surface area contributed by atoms with Gasteiger partial charge in [-0.3, -0.25) is 19.3 Å². The highest BCUT2D eigenvalue weighted by Gasteiger charge is 2.40. The van der Waals surface area contributed by atoms with Gasteiger partial charge >= 0.3 is 0 Å². The number of carbonyl (C=O) groups excluding carboxylic acids is 3. The second kappa shape index (κ2) is 8.79. The summed E-state index contributed by atoms with van der Waals surface area (Å²) in [7, 11) is 0. The number of hydrogen-bond donors (Lipinski definition) is 0. The fourth-order valence-corrected chi connectivity index (χ4v) is 5.08. The van der Waals surface area contributed by atoms with Gasteiger partial charge in [0.15, 0.2) is 5.44 Å². The Morgan fingerprint density at radius 1 is 1.10 bits per heavy atom. The molecule has 0 saturated carbocycles. The Hall–Kier alpha value is -2.00. The summed E-state index contributed by atoms with van der Waals surface area (Å²) >= 11 is 8.42. The molecule has 1 atom stereocenters. The van der Waals surface area contributed by atoms with Crippen LogP contribution >= 0.6 is 35.1 Å². The molecule has 0 aromatic heterocycles. The molecule has 2 aliphatic rings. The van der Waals surface area contributed by atoms with E-state index in [4.69, 9.17) is 16.3 Å². The van der Waals surface area contributed by atoms with Crippen molar-refractivity contribution in [3.8, 4) is 0 Å². The molecule has 4 rings (SSSR count). The van der Waals surface area contributed by atoms with Gasteiger partial charge in [-0.2, -0.15) is 0 Å². The number of ether oxygens (including phenoxy) is 1. The molecule has 2 aromatic rings. The van der Waals surface area contributed by atoms with E-state index in [2.05, 4.69) is 0 Å². The van der Waals surface area contributed by atoms with Crippen LogP contribution in [0.3, 0.4) is 0 Å². The Kier molecular flexibility index (Phi) is 6.15. The molecule has 0 radical (unpaired) electrons. The van der Waals surface area contributed by atoms with Gasteiger partial charge < -0.3 is 9.64 Å². The minimum atomic E-state index is -0.875. The number of thioether (sulfide) groups is 2. The van der Waals surface area contributed by atoms with Crippen molar-refractivity contribution in [3.63, 3.8) is 0 Å². The molecule has 0 spiro atoms. The van der Waals surface area contributed by atoms with Crippen LogP contribution in [0.2, 0.25) is 5.02 Å². The second-order valence-corrected chi connectivity index (χ2v) is 8.92. The highest BCUT2D eigenvalue weighted by atomic mass is 35.5. The van der Waals surface area contributed by atoms with Crippen LogP contribution in [-0.2, 0) is 16.1 Å². The zero-order valence-electron chi connectivity index (χ0n) is 15.2. The predicted octanol–water partition coefficient (Wildman–Crippen LogP) is 4.08. The molecule has 1 saturated heterocycles. The molecular weight excluding hydrogens is 432 g/mol. The minimum absolute atomic E-state index is 0.114. The summed E-state index contributed by atoms with van der Waals surface area (Å²) in [6.45, 7) is 0.719. The van der Waals surface area contributed by atoms with Gasteiger partial charge in [0.25, 0.3) is 17.1 Å². The van der Waals surface area contributed by atoms with Crippen molar-refractivity contribution in [1.82, 2.24) is 9.80 Å². The SMILES string of the molecule is O=C1c2cc(Cl)ccc2SCN1CCOC1SC(=O)N(Cc2ccccc2)C1=O. The second-order valence-electron chi connectivity index (χ2n) is 6.48. The predicted molar refractivity (Wildman–Crippen MR) is 113 cm³/mol. The van der Waals surface area contributed by atoms with Crippen LogP contribution in [0.1, 0.15) is 15.9 Å². The van der Waals surface area contributed by atoms with Crippen LogP contribution in [0, 0.1) is 0 Å². The largest absolute Gasteiger partial charge is 0.355 e. The molecule has 0 N–H and O–H groups in total. The lowest BCUT2D eigenvalue weighted by atomic mass is 10.2. The van der Waals surface area contributed by atoms with E-state index < -0.39 is 5.44 Å². The summed E-state index contributed by atoms with van der Waals surface area (Å²) in [5.41, 5.74) is 0.577. The van der Waals surface area contributed by atoms with Crippen molar-refractivity contribution in [2.45, 2.75) is 16.9 Å². The molecule has 29 heavy (non-hydrogen) atoms. The maximum absolute atomic E-state index is 12.6. The molecule has 0 bridgehead atoms. The van der Waals surface area contributed by atoms with Crippen LogP contribution in [0.5, 0.6) is 0 Å². The van der Waals surface area contributed by atoms with Crippen LogP contribution in [-0.4, -0.2) is 51.3 Å². The van der Waals surface area contributed by atoms with E-state index >= 15 is 0 Å². The molecule has 3 amide bonds. The zero-order chi connectivity index (χ0) is 20.4. The maximum Gasteiger partial charge on any atom is 0.291 e. The smallest absolute Gasteiger partial charge is 0.291 e. The van der Waals surface area contributed by atoms with Gasteiger partial charge in [0.2, 0.25) is 0 Å². The van der Waals surface area contributed by atoms with Gasteiger partial charge in [-0.15, -0.1) is 11.8 Å². The van der Waals surface area contributed by atoms with E-state index in [0.29, 0.717) is 23.0 Å². The van der Waals surface area contributed by atoms with E-state index in [1.54, 1.807) is 28.8 Å². The van der Waals surface area contributed by atoms with Gasteiger partial charge in [-0.05, 0) is 35.5 Å². The van der Waals surface area contributed by atoms with Gasteiger partial charge in [0.05, 0.1) is 24.6 Å². The highest BCUT2D eigenvalue weighted by Crippen LogP contribution is 2.32. The van der Waals surface area contributed by atoms with E-state index in [1.807, 2.05) is 36.4 Å². The number of imide groups is 1. The van der Waals surface area contributed by atoms with E-state index in [-0.39, 0.29) is 30.2 Å². The van der Waals surface area contributed by atoms with Crippen LogP contribution in [0.25, 0.3) is 0 Å². The first-order valence-electron chi connectivity index (χ1n) is 8.92. The molecule has 1 fully saturated rings. The van der Waals surface area contributed by atoms with Gasteiger partial charge in [0, 0.05) is 16.5 Å². The molecule has 2 aliphatic heterocycles. The Labute approximate surface area is 181 Å². The average molecular weight is 449 g/mol. The van der Waals surface area contributed by atoms with Crippen molar-refractivity contribution >= 4 is 52.2 Å². The molecule has 150 valence electrons. The quantitative estimate of drug-likeness (QED) is 0.663. The number of carbonyl (C=O) groups is 3. The monoisotopic (exact) mass is 448 g/mol. The number of benzene rings is 2. The van der Waals surface area contributed by atoms with Gasteiger partial charge in [-0.1, -0.05) is 41.9 Å². The third-order valence-electron chi connectivity index (χ3n) is 4.54.